The van der Waals surface area contributed by atoms with Gasteiger partial charge in [0.1, 0.15) is 5.75 Å². The van der Waals surface area contributed by atoms with Crippen molar-refractivity contribution in [2.24, 2.45) is 0 Å². The van der Waals surface area contributed by atoms with Crippen molar-refractivity contribution in [2.75, 3.05) is 19.8 Å². The van der Waals surface area contributed by atoms with Crippen molar-refractivity contribution in [3.63, 3.8) is 0 Å². The summed E-state index contributed by atoms with van der Waals surface area (Å²) in [5.74, 6) is 0.0745. The lowest BCUT2D eigenvalue weighted by atomic mass is 10.2. The Morgan fingerprint density at radius 3 is 3.00 bits per heavy atom. The molecule has 1 saturated heterocycles. The predicted molar refractivity (Wildman–Crippen MR) is 63.9 cm³/mol. The molecule has 0 amide bonds. The highest BCUT2D eigenvalue weighted by atomic mass is 19.1. The number of pyridine rings is 1. The van der Waals surface area contributed by atoms with Crippen LogP contribution in [-0.4, -0.2) is 31.1 Å². The average molecular weight is 255 g/mol. The molecular formula is C13H18FNO3. The van der Waals surface area contributed by atoms with Gasteiger partial charge in [-0.2, -0.15) is 4.39 Å². The molecule has 1 atom stereocenters. The molecule has 0 bridgehead atoms. The van der Waals surface area contributed by atoms with E-state index >= 15 is 0 Å². The third-order valence-electron chi connectivity index (χ3n) is 2.70. The van der Waals surface area contributed by atoms with Crippen molar-refractivity contribution >= 4 is 0 Å². The van der Waals surface area contributed by atoms with Crippen LogP contribution in [0.15, 0.2) is 18.3 Å². The summed E-state index contributed by atoms with van der Waals surface area (Å²) in [6, 6.07) is 2.84. The van der Waals surface area contributed by atoms with Crippen LogP contribution in [0.3, 0.4) is 0 Å². The maximum absolute atomic E-state index is 12.5. The summed E-state index contributed by atoms with van der Waals surface area (Å²) in [6.45, 7) is 1.93. The summed E-state index contributed by atoms with van der Waals surface area (Å²) in [7, 11) is 0. The number of halogens is 1. The number of hydrogen-bond donors (Lipinski definition) is 0. The monoisotopic (exact) mass is 255 g/mol. The molecule has 0 spiro atoms. The van der Waals surface area contributed by atoms with E-state index < -0.39 is 5.95 Å². The molecule has 1 aliphatic heterocycles. The van der Waals surface area contributed by atoms with Gasteiger partial charge < -0.3 is 14.2 Å². The van der Waals surface area contributed by atoms with E-state index in [9.17, 15) is 4.39 Å². The Hall–Kier alpha value is -1.20. The van der Waals surface area contributed by atoms with E-state index in [4.69, 9.17) is 14.2 Å². The predicted octanol–water partition coefficient (Wildman–Crippen LogP) is 2.53. The van der Waals surface area contributed by atoms with Gasteiger partial charge in [-0.15, -0.1) is 0 Å². The molecule has 0 aliphatic carbocycles. The zero-order valence-corrected chi connectivity index (χ0v) is 10.3. The quantitative estimate of drug-likeness (QED) is 0.578. The lowest BCUT2D eigenvalue weighted by Crippen LogP contribution is -2.23. The van der Waals surface area contributed by atoms with Crippen LogP contribution in [0.2, 0.25) is 0 Å². The van der Waals surface area contributed by atoms with Crippen LogP contribution in [0, 0.1) is 5.95 Å². The van der Waals surface area contributed by atoms with Crippen molar-refractivity contribution < 1.29 is 18.6 Å². The Balaban J connectivity index is 1.54. The largest absolute Gasteiger partial charge is 0.492 e. The molecule has 100 valence electrons. The van der Waals surface area contributed by atoms with E-state index in [0.29, 0.717) is 19.0 Å². The first kappa shape index (κ1) is 13.2. The zero-order valence-electron chi connectivity index (χ0n) is 10.3. The molecule has 1 aromatic rings. The molecule has 1 unspecified atom stereocenters. The third-order valence-corrected chi connectivity index (χ3v) is 2.70. The summed E-state index contributed by atoms with van der Waals surface area (Å²) in [6.07, 6.45) is 5.37. The van der Waals surface area contributed by atoms with E-state index in [1.54, 1.807) is 6.07 Å². The Morgan fingerprint density at radius 1 is 1.33 bits per heavy atom. The Bertz CT molecular complexity index is 339. The second kappa shape index (κ2) is 7.28. The second-order valence-electron chi connectivity index (χ2n) is 4.19. The van der Waals surface area contributed by atoms with E-state index in [0.717, 1.165) is 25.9 Å². The van der Waals surface area contributed by atoms with Crippen molar-refractivity contribution in [3.8, 4) is 5.75 Å². The SMILES string of the molecule is Fc1ccc(OCCCOC2CCCCO2)cn1. The lowest BCUT2D eigenvalue weighted by Gasteiger charge is -2.22. The molecule has 2 rings (SSSR count). The highest BCUT2D eigenvalue weighted by Gasteiger charge is 2.13. The van der Waals surface area contributed by atoms with Crippen LogP contribution < -0.4 is 4.74 Å². The molecule has 0 aromatic carbocycles. The fourth-order valence-corrected chi connectivity index (χ4v) is 1.75. The first-order chi connectivity index (χ1) is 8.84. The molecule has 0 radical (unpaired) electrons. The van der Waals surface area contributed by atoms with Gasteiger partial charge in [-0.25, -0.2) is 4.98 Å². The van der Waals surface area contributed by atoms with Gasteiger partial charge >= 0.3 is 0 Å². The van der Waals surface area contributed by atoms with Crippen LogP contribution in [-0.2, 0) is 9.47 Å². The molecule has 2 heterocycles. The molecule has 0 N–H and O–H groups in total. The van der Waals surface area contributed by atoms with Gasteiger partial charge in [-0.05, 0) is 31.4 Å². The third kappa shape index (κ3) is 4.58. The van der Waals surface area contributed by atoms with Gasteiger partial charge in [0, 0.05) is 13.0 Å². The van der Waals surface area contributed by atoms with Gasteiger partial charge in [-0.1, -0.05) is 0 Å². The van der Waals surface area contributed by atoms with E-state index in [1.165, 1.54) is 18.7 Å². The van der Waals surface area contributed by atoms with Crippen LogP contribution in [0.5, 0.6) is 5.75 Å². The first-order valence-electron chi connectivity index (χ1n) is 6.32. The van der Waals surface area contributed by atoms with Crippen LogP contribution in [0.25, 0.3) is 0 Å². The Morgan fingerprint density at radius 2 is 2.28 bits per heavy atom. The summed E-state index contributed by atoms with van der Waals surface area (Å²) in [4.78, 5) is 3.51. The number of ether oxygens (including phenoxy) is 3. The van der Waals surface area contributed by atoms with Gasteiger partial charge in [0.25, 0.3) is 0 Å². The number of rotatable bonds is 6. The van der Waals surface area contributed by atoms with Crippen molar-refractivity contribution in [2.45, 2.75) is 32.0 Å². The van der Waals surface area contributed by atoms with E-state index in [1.807, 2.05) is 0 Å². The average Bonchev–Trinajstić information content (AvgIpc) is 2.42. The summed E-state index contributed by atoms with van der Waals surface area (Å²) in [5, 5.41) is 0. The molecule has 5 heteroatoms. The minimum Gasteiger partial charge on any atom is -0.492 e. The highest BCUT2D eigenvalue weighted by Crippen LogP contribution is 2.14. The fourth-order valence-electron chi connectivity index (χ4n) is 1.75. The van der Waals surface area contributed by atoms with Crippen LogP contribution in [0.4, 0.5) is 4.39 Å². The Labute approximate surface area is 106 Å². The first-order valence-corrected chi connectivity index (χ1v) is 6.32. The maximum Gasteiger partial charge on any atom is 0.213 e. The molecule has 4 nitrogen and oxygen atoms in total. The summed E-state index contributed by atoms with van der Waals surface area (Å²) < 4.78 is 28.9. The van der Waals surface area contributed by atoms with Gasteiger partial charge in [-0.3, -0.25) is 0 Å². The highest BCUT2D eigenvalue weighted by molar-refractivity contribution is 5.15. The molecule has 1 aliphatic rings. The summed E-state index contributed by atoms with van der Waals surface area (Å²) in [5.41, 5.74) is 0. The zero-order chi connectivity index (χ0) is 12.6. The lowest BCUT2D eigenvalue weighted by molar-refractivity contribution is -0.163. The second-order valence-corrected chi connectivity index (χ2v) is 4.19. The van der Waals surface area contributed by atoms with Gasteiger partial charge in [0.2, 0.25) is 5.95 Å². The number of aromatic nitrogens is 1. The van der Waals surface area contributed by atoms with E-state index in [2.05, 4.69) is 4.98 Å². The number of nitrogens with zero attached hydrogens (tertiary/aromatic N) is 1. The van der Waals surface area contributed by atoms with Crippen LogP contribution >= 0.6 is 0 Å². The Kier molecular flexibility index (Phi) is 5.36. The minimum atomic E-state index is -0.500. The fraction of sp³-hybridized carbons (Fsp3) is 0.615. The van der Waals surface area contributed by atoms with E-state index in [-0.39, 0.29) is 6.29 Å². The molecule has 1 aromatic heterocycles. The van der Waals surface area contributed by atoms with Crippen LogP contribution in [0.1, 0.15) is 25.7 Å². The standard InChI is InChI=1S/C13H18FNO3/c14-12-6-5-11(10-15-12)16-8-3-9-18-13-4-1-2-7-17-13/h5-6,10,13H,1-4,7-9H2. The van der Waals surface area contributed by atoms with Gasteiger partial charge in [0.05, 0.1) is 19.4 Å². The van der Waals surface area contributed by atoms with Crippen molar-refractivity contribution in [1.82, 2.24) is 4.98 Å². The normalized spacial score (nSPS) is 19.7. The molecule has 18 heavy (non-hydrogen) atoms. The smallest absolute Gasteiger partial charge is 0.213 e. The molecule has 0 saturated carbocycles. The minimum absolute atomic E-state index is 0.0498. The molecular weight excluding hydrogens is 237 g/mol. The molecule has 1 fully saturated rings. The van der Waals surface area contributed by atoms with Crippen molar-refractivity contribution in [1.29, 1.82) is 0 Å². The number of hydrogen-bond acceptors (Lipinski definition) is 4. The topological polar surface area (TPSA) is 40.6 Å². The maximum atomic E-state index is 12.5. The van der Waals surface area contributed by atoms with Gasteiger partial charge in [0.15, 0.2) is 6.29 Å². The summed E-state index contributed by atoms with van der Waals surface area (Å²) >= 11 is 0. The van der Waals surface area contributed by atoms with Crippen molar-refractivity contribution in [3.05, 3.63) is 24.3 Å².